The Morgan fingerprint density at radius 3 is 2.45 bits per heavy atom. The molecule has 4 heteroatoms. The predicted molar refractivity (Wildman–Crippen MR) is 84.1 cm³/mol. The van der Waals surface area contributed by atoms with Gasteiger partial charge in [0.1, 0.15) is 6.10 Å². The number of aliphatic hydroxyl groups is 2. The van der Waals surface area contributed by atoms with Crippen LogP contribution < -0.4 is 0 Å². The maximum absolute atomic E-state index is 11.6. The van der Waals surface area contributed by atoms with Gasteiger partial charge in [0.25, 0.3) is 6.29 Å². The van der Waals surface area contributed by atoms with Gasteiger partial charge in [0, 0.05) is 5.92 Å². The molecule has 122 valence electrons. The van der Waals surface area contributed by atoms with Crippen molar-refractivity contribution in [3.05, 3.63) is 35.9 Å². The van der Waals surface area contributed by atoms with Crippen molar-refractivity contribution >= 4 is 5.97 Å². The summed E-state index contributed by atoms with van der Waals surface area (Å²) in [5.41, 5.74) is 1.06. The lowest BCUT2D eigenvalue weighted by molar-refractivity contribution is -0.185. The van der Waals surface area contributed by atoms with Crippen LogP contribution in [0.15, 0.2) is 30.3 Å². The van der Waals surface area contributed by atoms with E-state index in [0.29, 0.717) is 5.92 Å². The number of hydrogen-bond acceptors (Lipinski definition) is 4. The van der Waals surface area contributed by atoms with E-state index in [9.17, 15) is 4.79 Å². The zero-order chi connectivity index (χ0) is 16.3. The van der Waals surface area contributed by atoms with Crippen LogP contribution in [0, 0.1) is 11.8 Å². The average Bonchev–Trinajstić information content (AvgIpc) is 2.47. The van der Waals surface area contributed by atoms with Gasteiger partial charge in [-0.3, -0.25) is 0 Å². The van der Waals surface area contributed by atoms with Gasteiger partial charge in [0.05, 0.1) is 0 Å². The summed E-state index contributed by atoms with van der Waals surface area (Å²) in [6, 6.07) is 10.2. The molecule has 4 nitrogen and oxygen atoms in total. The third kappa shape index (κ3) is 3.68. The first-order valence-electron chi connectivity index (χ1n) is 7.94. The monoisotopic (exact) mass is 306 g/mol. The summed E-state index contributed by atoms with van der Waals surface area (Å²) in [6.07, 6.45) is 0.476. The fourth-order valence-corrected chi connectivity index (χ4v) is 3.58. The van der Waals surface area contributed by atoms with Gasteiger partial charge in [-0.1, -0.05) is 57.5 Å². The number of hydrogen-bond donors (Lipinski definition) is 2. The Morgan fingerprint density at radius 2 is 1.86 bits per heavy atom. The first kappa shape index (κ1) is 17.0. The SMILES string of the molecule is C[C@@H]1CC[C@@H](C(C)(C)c2ccccc2)[C@H](OC(=O)C(O)O)C1. The van der Waals surface area contributed by atoms with Crippen molar-refractivity contribution in [2.75, 3.05) is 0 Å². The summed E-state index contributed by atoms with van der Waals surface area (Å²) in [5.74, 6) is -0.321. The molecule has 0 heterocycles. The highest BCUT2D eigenvalue weighted by Gasteiger charge is 2.42. The fraction of sp³-hybridized carbons (Fsp3) is 0.611. The van der Waals surface area contributed by atoms with E-state index in [2.05, 4.69) is 32.9 Å². The molecule has 0 unspecified atom stereocenters. The third-order valence-corrected chi connectivity index (χ3v) is 4.98. The lowest BCUT2D eigenvalue weighted by atomic mass is 9.64. The highest BCUT2D eigenvalue weighted by molar-refractivity contribution is 5.72. The molecule has 1 aliphatic rings. The van der Waals surface area contributed by atoms with Crippen LogP contribution in [0.4, 0.5) is 0 Å². The van der Waals surface area contributed by atoms with Gasteiger partial charge < -0.3 is 14.9 Å². The van der Waals surface area contributed by atoms with Crippen molar-refractivity contribution in [3.8, 4) is 0 Å². The molecule has 0 bridgehead atoms. The van der Waals surface area contributed by atoms with Crippen LogP contribution in [-0.2, 0) is 14.9 Å². The van der Waals surface area contributed by atoms with Gasteiger partial charge in [0.15, 0.2) is 0 Å². The van der Waals surface area contributed by atoms with Crippen LogP contribution in [0.5, 0.6) is 0 Å². The van der Waals surface area contributed by atoms with Crippen LogP contribution >= 0.6 is 0 Å². The molecule has 1 aromatic carbocycles. The summed E-state index contributed by atoms with van der Waals surface area (Å²) < 4.78 is 5.40. The number of aliphatic hydroxyl groups excluding tert-OH is 1. The molecule has 0 aliphatic heterocycles. The maximum Gasteiger partial charge on any atom is 0.363 e. The Kier molecular flexibility index (Phi) is 5.24. The number of carbonyl (C=O) groups excluding carboxylic acids is 1. The first-order valence-corrected chi connectivity index (χ1v) is 7.94. The number of carbonyl (C=O) groups is 1. The van der Waals surface area contributed by atoms with E-state index in [1.165, 1.54) is 5.56 Å². The zero-order valence-electron chi connectivity index (χ0n) is 13.5. The Morgan fingerprint density at radius 1 is 1.23 bits per heavy atom. The lowest BCUT2D eigenvalue weighted by Crippen LogP contribution is -2.44. The summed E-state index contributed by atoms with van der Waals surface area (Å²) in [4.78, 5) is 11.6. The maximum atomic E-state index is 11.6. The van der Waals surface area contributed by atoms with Crippen LogP contribution in [-0.4, -0.2) is 28.6 Å². The lowest BCUT2D eigenvalue weighted by Gasteiger charge is -2.44. The topological polar surface area (TPSA) is 66.8 Å². The molecule has 0 spiro atoms. The summed E-state index contributed by atoms with van der Waals surface area (Å²) >= 11 is 0. The Hall–Kier alpha value is -1.39. The quantitative estimate of drug-likeness (QED) is 0.663. The fourth-order valence-electron chi connectivity index (χ4n) is 3.58. The second kappa shape index (κ2) is 6.80. The van der Waals surface area contributed by atoms with Gasteiger partial charge in [-0.05, 0) is 29.7 Å². The molecule has 22 heavy (non-hydrogen) atoms. The molecular weight excluding hydrogens is 280 g/mol. The standard InChI is InChI=1S/C18H26O4/c1-12-9-10-14(15(11-12)22-17(21)16(19)20)18(2,3)13-7-5-4-6-8-13/h4-8,12,14-16,19-20H,9-11H2,1-3H3/t12-,14-,15-/m1/s1. The van der Waals surface area contributed by atoms with Gasteiger partial charge in [-0.2, -0.15) is 0 Å². The highest BCUT2D eigenvalue weighted by Crippen LogP contribution is 2.43. The van der Waals surface area contributed by atoms with Crippen molar-refractivity contribution in [2.24, 2.45) is 11.8 Å². The number of rotatable bonds is 4. The van der Waals surface area contributed by atoms with Gasteiger partial charge >= 0.3 is 5.97 Å². The molecule has 1 aliphatic carbocycles. The summed E-state index contributed by atoms with van der Waals surface area (Å²) in [6.45, 7) is 6.47. The van der Waals surface area contributed by atoms with E-state index < -0.39 is 12.3 Å². The minimum atomic E-state index is -2.06. The molecule has 0 amide bonds. The van der Waals surface area contributed by atoms with Crippen LogP contribution in [0.2, 0.25) is 0 Å². The van der Waals surface area contributed by atoms with Crippen molar-refractivity contribution in [2.45, 2.75) is 57.8 Å². The van der Waals surface area contributed by atoms with Gasteiger partial charge in [-0.15, -0.1) is 0 Å². The van der Waals surface area contributed by atoms with Crippen molar-refractivity contribution in [3.63, 3.8) is 0 Å². The van der Waals surface area contributed by atoms with Gasteiger partial charge in [-0.25, -0.2) is 4.79 Å². The van der Waals surface area contributed by atoms with E-state index >= 15 is 0 Å². The smallest absolute Gasteiger partial charge is 0.363 e. The third-order valence-electron chi connectivity index (χ3n) is 4.98. The van der Waals surface area contributed by atoms with E-state index in [1.807, 2.05) is 18.2 Å². The van der Waals surface area contributed by atoms with Crippen LogP contribution in [0.1, 0.15) is 45.6 Å². The summed E-state index contributed by atoms with van der Waals surface area (Å²) in [7, 11) is 0. The molecular formula is C18H26O4. The minimum Gasteiger partial charge on any atom is -0.458 e. The molecule has 1 fully saturated rings. The molecule has 0 aromatic heterocycles. The summed E-state index contributed by atoms with van der Waals surface area (Å²) in [5, 5.41) is 18.0. The van der Waals surface area contributed by atoms with Gasteiger partial charge in [0.2, 0.25) is 0 Å². The van der Waals surface area contributed by atoms with Crippen molar-refractivity contribution in [1.29, 1.82) is 0 Å². The zero-order valence-corrected chi connectivity index (χ0v) is 13.5. The van der Waals surface area contributed by atoms with E-state index in [4.69, 9.17) is 14.9 Å². The molecule has 0 radical (unpaired) electrons. The second-order valence-electron chi connectivity index (χ2n) is 6.96. The Balaban J connectivity index is 2.23. The normalized spacial score (nSPS) is 26.0. The number of esters is 1. The Bertz CT molecular complexity index is 495. The van der Waals surface area contributed by atoms with Crippen LogP contribution in [0.3, 0.4) is 0 Å². The van der Waals surface area contributed by atoms with Crippen molar-refractivity contribution < 1.29 is 19.7 Å². The van der Waals surface area contributed by atoms with Crippen molar-refractivity contribution in [1.82, 2.24) is 0 Å². The van der Waals surface area contributed by atoms with E-state index in [-0.39, 0.29) is 17.4 Å². The molecule has 2 rings (SSSR count). The Labute approximate surface area is 132 Å². The average molecular weight is 306 g/mol. The second-order valence-corrected chi connectivity index (χ2v) is 6.96. The van der Waals surface area contributed by atoms with E-state index in [0.717, 1.165) is 19.3 Å². The molecule has 2 N–H and O–H groups in total. The van der Waals surface area contributed by atoms with Crippen LogP contribution in [0.25, 0.3) is 0 Å². The predicted octanol–water partition coefficient (Wildman–Crippen LogP) is 2.62. The largest absolute Gasteiger partial charge is 0.458 e. The minimum absolute atomic E-state index is 0.146. The first-order chi connectivity index (χ1) is 10.3. The highest BCUT2D eigenvalue weighted by atomic mass is 16.6. The number of benzene rings is 1. The molecule has 1 saturated carbocycles. The number of ether oxygens (including phenoxy) is 1. The molecule has 1 aromatic rings. The van der Waals surface area contributed by atoms with E-state index in [1.54, 1.807) is 0 Å². The molecule has 3 atom stereocenters. The molecule has 0 saturated heterocycles.